The first-order chi connectivity index (χ1) is 23.9. The monoisotopic (exact) mass is 702 g/mol. The molecule has 50 heavy (non-hydrogen) atoms. The Labute approximate surface area is 299 Å². The molecule has 2 heterocycles. The van der Waals surface area contributed by atoms with Gasteiger partial charge in [0.05, 0.1) is 20.4 Å². The summed E-state index contributed by atoms with van der Waals surface area (Å²) in [7, 11) is 0. The molecule has 2 aromatic heterocycles. The van der Waals surface area contributed by atoms with E-state index >= 15 is 0 Å². The summed E-state index contributed by atoms with van der Waals surface area (Å²) in [5, 5.41) is 16.6. The number of hydrogen-bond donors (Lipinski definition) is 3. The molecule has 8 nitrogen and oxygen atoms in total. The zero-order chi connectivity index (χ0) is 35.9. The highest BCUT2D eigenvalue weighted by Crippen LogP contribution is 2.29. The van der Waals surface area contributed by atoms with Gasteiger partial charge in [-0.05, 0) is 105 Å². The number of carbonyl (C=O) groups excluding carboxylic acids is 3. The van der Waals surface area contributed by atoms with Crippen LogP contribution in [0.2, 0.25) is 0 Å². The highest BCUT2D eigenvalue weighted by Gasteiger charge is 2.14. The number of carbonyl (C=O) groups is 3. The standard InChI is InChI=1S/C20H20N2O2S.C20H18N2O2S/c2*1-4-5-14-6-8-16(12(2)10-14)19(24)21-15-7-9-18-17(11-15)22-20(25-18)13(3)23/h4-11,13,23H,1-3H3,(H,21,24);4-11H,1-3H3,(H,21,24)/b2*5-4+. The first kappa shape index (κ1) is 36.0. The Balaban J connectivity index is 0.000000194. The van der Waals surface area contributed by atoms with E-state index in [0.717, 1.165) is 37.2 Å². The van der Waals surface area contributed by atoms with Gasteiger partial charge in [-0.3, -0.25) is 14.4 Å². The molecule has 0 aliphatic heterocycles. The Morgan fingerprint density at radius 2 is 1.18 bits per heavy atom. The summed E-state index contributed by atoms with van der Waals surface area (Å²) in [4.78, 5) is 45.3. The lowest BCUT2D eigenvalue weighted by Gasteiger charge is -2.08. The van der Waals surface area contributed by atoms with Crippen molar-refractivity contribution >= 4 is 84.2 Å². The Morgan fingerprint density at radius 1 is 0.700 bits per heavy atom. The minimum Gasteiger partial charge on any atom is -0.386 e. The van der Waals surface area contributed by atoms with Crippen LogP contribution in [0, 0.1) is 13.8 Å². The predicted molar refractivity (Wildman–Crippen MR) is 208 cm³/mol. The maximum absolute atomic E-state index is 12.6. The topological polar surface area (TPSA) is 121 Å². The van der Waals surface area contributed by atoms with Gasteiger partial charge in [-0.1, -0.05) is 48.6 Å². The summed E-state index contributed by atoms with van der Waals surface area (Å²) in [5.41, 5.74) is 8.12. The van der Waals surface area contributed by atoms with Gasteiger partial charge in [0.15, 0.2) is 10.8 Å². The highest BCUT2D eigenvalue weighted by atomic mass is 32.1. The third-order valence-corrected chi connectivity index (χ3v) is 10.0. The minimum absolute atomic E-state index is 0.0522. The molecule has 1 atom stereocenters. The normalized spacial score (nSPS) is 11.9. The Kier molecular flexibility index (Phi) is 11.5. The van der Waals surface area contributed by atoms with Crippen LogP contribution in [0.1, 0.15) is 91.6 Å². The van der Waals surface area contributed by atoms with Gasteiger partial charge in [-0.15, -0.1) is 22.7 Å². The van der Waals surface area contributed by atoms with Crippen molar-refractivity contribution in [2.75, 3.05) is 10.6 Å². The summed E-state index contributed by atoms with van der Waals surface area (Å²) in [6.07, 6.45) is 7.35. The summed E-state index contributed by atoms with van der Waals surface area (Å²) < 4.78 is 1.91. The molecule has 10 heteroatoms. The first-order valence-corrected chi connectivity index (χ1v) is 17.7. The largest absolute Gasteiger partial charge is 0.386 e. The fourth-order valence-electron chi connectivity index (χ4n) is 5.23. The molecule has 0 aliphatic rings. The number of aromatic nitrogens is 2. The highest BCUT2D eigenvalue weighted by molar-refractivity contribution is 7.20. The number of anilines is 2. The van der Waals surface area contributed by atoms with Crippen molar-refractivity contribution < 1.29 is 19.5 Å². The van der Waals surface area contributed by atoms with Crippen LogP contribution in [-0.4, -0.2) is 32.7 Å². The lowest BCUT2D eigenvalue weighted by atomic mass is 10.0. The second-order valence-corrected chi connectivity index (χ2v) is 13.8. The number of benzene rings is 4. The van der Waals surface area contributed by atoms with Crippen molar-refractivity contribution in [1.82, 2.24) is 9.97 Å². The number of fused-ring (bicyclic) bond motifs is 2. The molecule has 1 unspecified atom stereocenters. The summed E-state index contributed by atoms with van der Waals surface area (Å²) >= 11 is 2.82. The summed E-state index contributed by atoms with van der Waals surface area (Å²) in [6.45, 7) is 11.0. The number of rotatable bonds is 8. The zero-order valence-electron chi connectivity index (χ0n) is 28.7. The van der Waals surface area contributed by atoms with E-state index in [0.29, 0.717) is 38.0 Å². The summed E-state index contributed by atoms with van der Waals surface area (Å²) in [6, 6.07) is 22.6. The number of hydrogen-bond acceptors (Lipinski definition) is 8. The second-order valence-electron chi connectivity index (χ2n) is 11.7. The summed E-state index contributed by atoms with van der Waals surface area (Å²) in [5.74, 6) is -0.357. The molecule has 3 N–H and O–H groups in total. The van der Waals surface area contributed by atoms with Crippen molar-refractivity contribution in [3.8, 4) is 0 Å². The molecule has 0 saturated carbocycles. The van der Waals surface area contributed by atoms with Gasteiger partial charge in [0, 0.05) is 29.4 Å². The number of aliphatic hydroxyl groups excluding tert-OH is 1. The fraction of sp³-hybridized carbons (Fsp3) is 0.175. The van der Waals surface area contributed by atoms with Crippen LogP contribution in [0.25, 0.3) is 32.6 Å². The number of Topliss-reactive ketones (excluding diaryl/α,β-unsaturated/α-hetero) is 1. The van der Waals surface area contributed by atoms with Crippen LogP contribution >= 0.6 is 22.7 Å². The lowest BCUT2D eigenvalue weighted by Crippen LogP contribution is -2.13. The van der Waals surface area contributed by atoms with E-state index in [4.69, 9.17) is 0 Å². The molecule has 0 bridgehead atoms. The minimum atomic E-state index is -0.589. The SMILES string of the molecule is C/C=C/c1ccc(C(=O)Nc2ccc3sc(C(C)=O)nc3c2)c(C)c1.C/C=C/c1ccc(C(=O)Nc2ccc3sc(C(C)O)nc3c2)c(C)c1. The van der Waals surface area contributed by atoms with Crippen LogP contribution in [-0.2, 0) is 0 Å². The molecule has 0 fully saturated rings. The molecular formula is C40H38N4O4S2. The van der Waals surface area contributed by atoms with E-state index in [9.17, 15) is 19.5 Å². The van der Waals surface area contributed by atoms with E-state index in [1.807, 2.05) is 119 Å². The van der Waals surface area contributed by atoms with Crippen molar-refractivity contribution in [3.05, 3.63) is 128 Å². The fourth-order valence-corrected chi connectivity index (χ4v) is 6.96. The number of allylic oxidation sites excluding steroid dienone is 2. The maximum atomic E-state index is 12.6. The molecule has 254 valence electrons. The van der Waals surface area contributed by atoms with Gasteiger partial charge in [0.25, 0.3) is 11.8 Å². The molecule has 6 rings (SSSR count). The average molecular weight is 703 g/mol. The van der Waals surface area contributed by atoms with Gasteiger partial charge >= 0.3 is 0 Å². The van der Waals surface area contributed by atoms with Crippen LogP contribution in [0.15, 0.2) is 84.9 Å². The number of aliphatic hydroxyl groups is 1. The van der Waals surface area contributed by atoms with E-state index in [1.54, 1.807) is 13.0 Å². The van der Waals surface area contributed by atoms with Gasteiger partial charge in [-0.25, -0.2) is 9.97 Å². The molecule has 6 aromatic rings. The molecule has 0 aliphatic carbocycles. The van der Waals surface area contributed by atoms with Crippen molar-refractivity contribution in [2.45, 2.75) is 47.6 Å². The number of amides is 2. The molecule has 0 radical (unpaired) electrons. The predicted octanol–water partition coefficient (Wildman–Crippen LogP) is 10.0. The van der Waals surface area contributed by atoms with E-state index in [1.165, 1.54) is 29.6 Å². The van der Waals surface area contributed by atoms with Crippen LogP contribution < -0.4 is 10.6 Å². The van der Waals surface area contributed by atoms with Gasteiger partial charge in [0.1, 0.15) is 11.1 Å². The number of nitrogens with one attached hydrogen (secondary N) is 2. The Hall–Kier alpha value is -5.29. The van der Waals surface area contributed by atoms with Crippen molar-refractivity contribution in [3.63, 3.8) is 0 Å². The van der Waals surface area contributed by atoms with Crippen molar-refractivity contribution in [1.29, 1.82) is 0 Å². The van der Waals surface area contributed by atoms with Gasteiger partial charge < -0.3 is 15.7 Å². The van der Waals surface area contributed by atoms with Gasteiger partial charge in [0.2, 0.25) is 0 Å². The third kappa shape index (κ3) is 8.64. The molecule has 2 amide bonds. The molecular weight excluding hydrogens is 665 g/mol. The second kappa shape index (κ2) is 15.9. The smallest absolute Gasteiger partial charge is 0.255 e. The van der Waals surface area contributed by atoms with Crippen molar-refractivity contribution in [2.24, 2.45) is 0 Å². The average Bonchev–Trinajstić information content (AvgIpc) is 3.70. The maximum Gasteiger partial charge on any atom is 0.255 e. The molecule has 0 saturated heterocycles. The number of ketones is 1. The van der Waals surface area contributed by atoms with Crippen LogP contribution in [0.5, 0.6) is 0 Å². The zero-order valence-corrected chi connectivity index (χ0v) is 30.3. The van der Waals surface area contributed by atoms with Crippen LogP contribution in [0.4, 0.5) is 11.4 Å². The van der Waals surface area contributed by atoms with E-state index in [-0.39, 0.29) is 17.6 Å². The van der Waals surface area contributed by atoms with E-state index in [2.05, 4.69) is 20.6 Å². The van der Waals surface area contributed by atoms with Gasteiger partial charge in [-0.2, -0.15) is 0 Å². The number of thiazole rings is 2. The Morgan fingerprint density at radius 3 is 1.62 bits per heavy atom. The number of nitrogens with zero attached hydrogens (tertiary/aromatic N) is 2. The molecule has 4 aromatic carbocycles. The van der Waals surface area contributed by atoms with Crippen LogP contribution in [0.3, 0.4) is 0 Å². The number of aryl methyl sites for hydroxylation is 2. The lowest BCUT2D eigenvalue weighted by molar-refractivity contribution is 0.101. The first-order valence-electron chi connectivity index (χ1n) is 16.0. The molecule has 0 spiro atoms. The van der Waals surface area contributed by atoms with E-state index < -0.39 is 6.10 Å². The quantitative estimate of drug-likeness (QED) is 0.136. The third-order valence-electron chi connectivity index (χ3n) is 7.67. The Bertz CT molecular complexity index is 2280.